The number of nitrogens with one attached hydrogen (secondary N) is 3. The van der Waals surface area contributed by atoms with Crippen molar-refractivity contribution in [2.45, 2.75) is 65.1 Å². The summed E-state index contributed by atoms with van der Waals surface area (Å²) in [7, 11) is 1.54. The molecule has 1 fully saturated rings. The van der Waals surface area contributed by atoms with Crippen molar-refractivity contribution in [1.82, 2.24) is 20.9 Å². The van der Waals surface area contributed by atoms with Crippen LogP contribution in [-0.2, 0) is 4.79 Å². The van der Waals surface area contributed by atoms with Gasteiger partial charge in [0.1, 0.15) is 11.8 Å². The van der Waals surface area contributed by atoms with Crippen LogP contribution in [0.1, 0.15) is 57.8 Å². The maximum Gasteiger partial charge on any atom is 0.317 e. The lowest BCUT2D eigenvalue weighted by molar-refractivity contribution is -0.125. The number of urea groups is 1. The van der Waals surface area contributed by atoms with Crippen molar-refractivity contribution in [1.29, 1.82) is 0 Å². The Balaban J connectivity index is 2.09. The van der Waals surface area contributed by atoms with E-state index in [1.807, 2.05) is 34.6 Å². The maximum absolute atomic E-state index is 12.9. The molecule has 1 heterocycles. The van der Waals surface area contributed by atoms with Crippen molar-refractivity contribution in [2.75, 3.05) is 20.2 Å². The molecule has 1 aliphatic rings. The molecule has 8 nitrogen and oxygen atoms in total. The smallest absolute Gasteiger partial charge is 0.317 e. The molecule has 1 aliphatic heterocycles. The fourth-order valence-electron chi connectivity index (χ4n) is 3.60. The van der Waals surface area contributed by atoms with Crippen LogP contribution in [0.5, 0.6) is 5.75 Å². The van der Waals surface area contributed by atoms with Crippen molar-refractivity contribution in [3.8, 4) is 5.75 Å². The zero-order valence-electron chi connectivity index (χ0n) is 19.5. The van der Waals surface area contributed by atoms with E-state index in [4.69, 9.17) is 4.74 Å². The van der Waals surface area contributed by atoms with Crippen molar-refractivity contribution in [3.63, 3.8) is 0 Å². The molecule has 1 atom stereocenters. The topological polar surface area (TPSA) is 99.8 Å². The second-order valence-electron chi connectivity index (χ2n) is 9.35. The molecule has 8 heteroatoms. The molecule has 172 valence electrons. The van der Waals surface area contributed by atoms with Crippen molar-refractivity contribution >= 4 is 17.8 Å². The Morgan fingerprint density at radius 1 is 1.10 bits per heavy atom. The average Bonchev–Trinajstić information content (AvgIpc) is 2.70. The van der Waals surface area contributed by atoms with Crippen LogP contribution in [0.4, 0.5) is 4.79 Å². The summed E-state index contributed by atoms with van der Waals surface area (Å²) < 4.78 is 5.19. The SMILES string of the molecule is COc1cccc(C(=O)NC(C(=O)NC(C)C)C2CCN(C(=O)NC(C)(C)C)CC2)c1. The van der Waals surface area contributed by atoms with Crippen LogP contribution >= 0.6 is 0 Å². The number of methoxy groups -OCH3 is 1. The summed E-state index contributed by atoms with van der Waals surface area (Å²) in [5.74, 6) is -0.0134. The molecule has 0 bridgehead atoms. The number of hydrogen-bond acceptors (Lipinski definition) is 4. The number of ether oxygens (including phenoxy) is 1. The Kier molecular flexibility index (Phi) is 8.30. The van der Waals surface area contributed by atoms with Crippen LogP contribution in [0, 0.1) is 5.92 Å². The second-order valence-corrected chi connectivity index (χ2v) is 9.35. The lowest BCUT2D eigenvalue weighted by Crippen LogP contribution is -2.56. The predicted octanol–water partition coefficient (Wildman–Crippen LogP) is 2.54. The van der Waals surface area contributed by atoms with Gasteiger partial charge in [-0.2, -0.15) is 0 Å². The predicted molar refractivity (Wildman–Crippen MR) is 120 cm³/mol. The number of hydrogen-bond donors (Lipinski definition) is 3. The summed E-state index contributed by atoms with van der Waals surface area (Å²) in [6.07, 6.45) is 1.26. The summed E-state index contributed by atoms with van der Waals surface area (Å²) >= 11 is 0. The van der Waals surface area contributed by atoms with E-state index in [1.165, 1.54) is 0 Å². The zero-order chi connectivity index (χ0) is 23.2. The van der Waals surface area contributed by atoms with Gasteiger partial charge in [0.25, 0.3) is 5.91 Å². The third kappa shape index (κ3) is 7.45. The van der Waals surface area contributed by atoms with E-state index in [0.717, 1.165) is 0 Å². The largest absolute Gasteiger partial charge is 0.497 e. The maximum atomic E-state index is 12.9. The fraction of sp³-hybridized carbons (Fsp3) is 0.609. The number of piperidine rings is 1. The van der Waals surface area contributed by atoms with Crippen LogP contribution in [0.2, 0.25) is 0 Å². The van der Waals surface area contributed by atoms with Crippen LogP contribution in [0.15, 0.2) is 24.3 Å². The van der Waals surface area contributed by atoms with Crippen molar-refractivity contribution in [3.05, 3.63) is 29.8 Å². The highest BCUT2D eigenvalue weighted by Gasteiger charge is 2.34. The summed E-state index contributed by atoms with van der Waals surface area (Å²) in [5, 5.41) is 8.80. The van der Waals surface area contributed by atoms with E-state index < -0.39 is 6.04 Å². The molecule has 1 aromatic rings. The van der Waals surface area contributed by atoms with Gasteiger partial charge in [0, 0.05) is 30.2 Å². The van der Waals surface area contributed by atoms with Gasteiger partial charge in [-0.1, -0.05) is 6.07 Å². The summed E-state index contributed by atoms with van der Waals surface area (Å²) in [5.41, 5.74) is 0.127. The van der Waals surface area contributed by atoms with Crippen LogP contribution in [0.25, 0.3) is 0 Å². The molecule has 0 radical (unpaired) electrons. The van der Waals surface area contributed by atoms with Gasteiger partial charge < -0.3 is 25.6 Å². The number of carbonyl (C=O) groups excluding carboxylic acids is 3. The third-order valence-electron chi connectivity index (χ3n) is 5.11. The Morgan fingerprint density at radius 2 is 1.74 bits per heavy atom. The molecule has 0 spiro atoms. The molecule has 1 unspecified atom stereocenters. The number of amides is 4. The van der Waals surface area contributed by atoms with Gasteiger partial charge in [-0.3, -0.25) is 9.59 Å². The van der Waals surface area contributed by atoms with E-state index in [-0.39, 0.29) is 35.3 Å². The average molecular weight is 433 g/mol. The van der Waals surface area contributed by atoms with Gasteiger partial charge in [-0.15, -0.1) is 0 Å². The number of likely N-dealkylation sites (tertiary alicyclic amines) is 1. The molecular weight excluding hydrogens is 396 g/mol. The first-order valence-electron chi connectivity index (χ1n) is 10.8. The Hall–Kier alpha value is -2.77. The van der Waals surface area contributed by atoms with E-state index in [1.54, 1.807) is 36.3 Å². The highest BCUT2D eigenvalue weighted by molar-refractivity contribution is 5.98. The Morgan fingerprint density at radius 3 is 2.29 bits per heavy atom. The first-order chi connectivity index (χ1) is 14.5. The van der Waals surface area contributed by atoms with Crippen molar-refractivity contribution < 1.29 is 19.1 Å². The van der Waals surface area contributed by atoms with Gasteiger partial charge in [0.2, 0.25) is 5.91 Å². The highest BCUT2D eigenvalue weighted by atomic mass is 16.5. The summed E-state index contributed by atoms with van der Waals surface area (Å²) in [4.78, 5) is 40.0. The molecule has 1 saturated heterocycles. The fourth-order valence-corrected chi connectivity index (χ4v) is 3.60. The summed E-state index contributed by atoms with van der Waals surface area (Å²) in [6.45, 7) is 10.7. The first kappa shape index (κ1) is 24.5. The number of rotatable bonds is 6. The standard InChI is InChI=1S/C23H36N4O4/c1-15(2)24-21(29)19(25-20(28)17-8-7-9-18(14-17)31-6)16-10-12-27(13-11-16)22(30)26-23(3,4)5/h7-9,14-16,19H,10-13H2,1-6H3,(H,24,29)(H,25,28)(H,26,30). The van der Waals surface area contributed by atoms with Gasteiger partial charge in [-0.25, -0.2) is 4.79 Å². The molecule has 3 N–H and O–H groups in total. The highest BCUT2D eigenvalue weighted by Crippen LogP contribution is 2.22. The summed E-state index contributed by atoms with van der Waals surface area (Å²) in [6, 6.07) is 6.02. The Labute approximate surface area is 185 Å². The number of benzene rings is 1. The van der Waals surface area contributed by atoms with Crippen LogP contribution in [0.3, 0.4) is 0 Å². The van der Waals surface area contributed by atoms with E-state index in [9.17, 15) is 14.4 Å². The second kappa shape index (κ2) is 10.5. The van der Waals surface area contributed by atoms with E-state index in [0.29, 0.717) is 37.2 Å². The number of carbonyl (C=O) groups is 3. The zero-order valence-corrected chi connectivity index (χ0v) is 19.5. The molecule has 2 rings (SSSR count). The molecule has 31 heavy (non-hydrogen) atoms. The minimum atomic E-state index is -0.672. The molecule has 1 aromatic carbocycles. The quantitative estimate of drug-likeness (QED) is 0.643. The minimum Gasteiger partial charge on any atom is -0.497 e. The Bertz CT molecular complexity index is 780. The molecule has 0 aromatic heterocycles. The van der Waals surface area contributed by atoms with E-state index in [2.05, 4.69) is 16.0 Å². The third-order valence-corrected chi connectivity index (χ3v) is 5.11. The van der Waals surface area contributed by atoms with Crippen LogP contribution in [-0.4, -0.2) is 60.6 Å². The molecule has 4 amide bonds. The van der Waals surface area contributed by atoms with Crippen LogP contribution < -0.4 is 20.7 Å². The monoisotopic (exact) mass is 432 g/mol. The lowest BCUT2D eigenvalue weighted by atomic mass is 9.88. The minimum absolute atomic E-state index is 0.0404. The first-order valence-corrected chi connectivity index (χ1v) is 10.8. The van der Waals surface area contributed by atoms with Gasteiger partial charge in [-0.05, 0) is 71.6 Å². The molecule has 0 aliphatic carbocycles. The molecular formula is C23H36N4O4. The number of nitrogens with zero attached hydrogens (tertiary/aromatic N) is 1. The van der Waals surface area contributed by atoms with Crippen molar-refractivity contribution in [2.24, 2.45) is 5.92 Å². The molecule has 0 saturated carbocycles. The van der Waals surface area contributed by atoms with Gasteiger partial charge in [0.15, 0.2) is 0 Å². The van der Waals surface area contributed by atoms with Gasteiger partial charge in [0.05, 0.1) is 7.11 Å². The lowest BCUT2D eigenvalue weighted by Gasteiger charge is -2.37. The van der Waals surface area contributed by atoms with Gasteiger partial charge >= 0.3 is 6.03 Å². The normalized spacial score (nSPS) is 15.9. The van der Waals surface area contributed by atoms with E-state index >= 15 is 0 Å².